The van der Waals surface area contributed by atoms with Crippen LogP contribution in [0.25, 0.3) is 0 Å². The standard InChI is InChI=1S/C59H96O28/c1-24-33(64)36(67)42(73)49(81-24)86-44-38(69)34(65)27(18-60)82-50(44)87-45-40(71)39(70)43(47(75)76)85-51(45)84-32-11-12-55(4)29(56(32,5)20-61)10-13-58(7)30(55)9-8-25-26-16-53(2,17-31(63)54(26,3)14-15-57(25,58)6)22-79-48-41(72)37(68)35(66)28(83-48)19-78-52-46(74)59(77,21-62)23-80-52/h8,24,26-46,48-52,60-74,77H,9-23H2,1-7H3,(H,75,76)/t24-,26-,27+,28+,29?,30?,31+,32-,33-,34-,35+,36+,37-,38-,39-,40-,41+,42+,43-,44+,45+,46-,48+,49-,50-,51+,52+,53+,54+,55-,56+,57+,58+,59+/m0/s1. The summed E-state index contributed by atoms with van der Waals surface area (Å²) in [6.45, 7) is 11.4. The predicted molar refractivity (Wildman–Crippen MR) is 291 cm³/mol. The van der Waals surface area contributed by atoms with Crippen LogP contribution in [-0.2, 0) is 52.2 Å². The van der Waals surface area contributed by atoms with Crippen LogP contribution in [0.3, 0.4) is 0 Å². The van der Waals surface area contributed by atoms with Crippen LogP contribution in [0.1, 0.15) is 106 Å². The molecule has 5 aliphatic heterocycles. The summed E-state index contributed by atoms with van der Waals surface area (Å²) in [5, 5.41) is 185. The summed E-state index contributed by atoms with van der Waals surface area (Å²) in [5.41, 5.74) is -4.09. The number of fused-ring (bicyclic) bond motifs is 7. The maximum absolute atomic E-state index is 12.6. The van der Waals surface area contributed by atoms with Crippen molar-refractivity contribution < 1.29 is 139 Å². The summed E-state index contributed by atoms with van der Waals surface area (Å²) in [7, 11) is 0. The monoisotopic (exact) mass is 1250 g/mol. The Morgan fingerprint density at radius 3 is 1.86 bits per heavy atom. The highest BCUT2D eigenvalue weighted by Gasteiger charge is 2.70. The van der Waals surface area contributed by atoms with E-state index in [0.29, 0.717) is 44.9 Å². The SMILES string of the molecule is C[C@@H]1O[C@@H](O[C@H]2[C@H](O[C@H]3[C@H](O[C@H]4CC[C@@]5(C)C(CC[C@]6(C)C5CC=C5[C@@H]7C[C@@](C)(CO[C@@H]8O[C@H](CO[C@@H]9OC[C@](O)(CO)[C@H]9O)[C@@H](O)[C@H](O)[C@H]8O)C[C@@H](O)[C@]7(C)CC[C@]56C)[C@@]4(C)CO)O[C@H](C(=O)O)[C@@H](O)[C@@H]3O)O[C@H](CO)[C@H](O)[C@@H]2O)[C@H](O)[C@H](O)[C@H]1O. The molecule has 0 aromatic heterocycles. The molecule has 2 unspecified atom stereocenters. The number of aliphatic hydroxyl groups is 16. The van der Waals surface area contributed by atoms with Gasteiger partial charge in [0.1, 0.15) is 97.2 Å². The zero-order valence-corrected chi connectivity index (χ0v) is 50.4. The molecule has 10 rings (SSSR count). The van der Waals surface area contributed by atoms with Gasteiger partial charge in [0.05, 0.1) is 58.0 Å². The molecule has 5 saturated heterocycles. The Morgan fingerprint density at radius 2 is 1.22 bits per heavy atom. The second-order valence-corrected chi connectivity index (χ2v) is 28.8. The molecule has 4 saturated carbocycles. The molecule has 87 heavy (non-hydrogen) atoms. The molecule has 5 heterocycles. The average molecular weight is 1250 g/mol. The summed E-state index contributed by atoms with van der Waals surface area (Å²) in [4.78, 5) is 12.6. The lowest BCUT2D eigenvalue weighted by Crippen LogP contribution is -2.68. The molecule has 500 valence electrons. The fourth-order valence-corrected chi connectivity index (χ4v) is 17.7. The van der Waals surface area contributed by atoms with Crippen LogP contribution < -0.4 is 0 Å². The molecule has 10 aliphatic rings. The summed E-state index contributed by atoms with van der Waals surface area (Å²) >= 11 is 0. The van der Waals surface area contributed by atoms with E-state index >= 15 is 0 Å². The lowest BCUT2D eigenvalue weighted by Gasteiger charge is -2.72. The topological polar surface area (TPSA) is 453 Å². The van der Waals surface area contributed by atoms with Crippen LogP contribution >= 0.6 is 0 Å². The Hall–Kier alpha value is -1.83. The van der Waals surface area contributed by atoms with E-state index in [-0.39, 0.29) is 35.2 Å². The minimum Gasteiger partial charge on any atom is -0.479 e. The molecule has 28 nitrogen and oxygen atoms in total. The molecule has 34 atom stereocenters. The lowest BCUT2D eigenvalue weighted by atomic mass is 9.33. The maximum atomic E-state index is 12.6. The third-order valence-electron chi connectivity index (χ3n) is 23.7. The van der Waals surface area contributed by atoms with Crippen LogP contribution in [-0.4, -0.2) is 285 Å². The van der Waals surface area contributed by atoms with Crippen molar-refractivity contribution in [1.29, 1.82) is 0 Å². The van der Waals surface area contributed by atoms with Gasteiger partial charge in [0, 0.05) is 10.8 Å². The van der Waals surface area contributed by atoms with Gasteiger partial charge in [-0.1, -0.05) is 53.2 Å². The van der Waals surface area contributed by atoms with Gasteiger partial charge >= 0.3 is 5.97 Å². The fraction of sp³-hybridized carbons (Fsp3) is 0.949. The molecule has 0 amide bonds. The van der Waals surface area contributed by atoms with E-state index in [4.69, 9.17) is 47.4 Å². The molecule has 0 aromatic rings. The summed E-state index contributed by atoms with van der Waals surface area (Å²) in [5.74, 6) is -1.92. The van der Waals surface area contributed by atoms with Crippen molar-refractivity contribution >= 4 is 5.97 Å². The van der Waals surface area contributed by atoms with Crippen molar-refractivity contribution in [3.05, 3.63) is 11.6 Å². The number of aliphatic carboxylic acids is 1. The number of carbonyl (C=O) groups is 1. The number of carboxylic acids is 1. The summed E-state index contributed by atoms with van der Waals surface area (Å²) < 4.78 is 59.5. The molecular formula is C59H96O28. The number of ether oxygens (including phenoxy) is 10. The lowest BCUT2D eigenvalue weighted by molar-refractivity contribution is -0.396. The van der Waals surface area contributed by atoms with Crippen molar-refractivity contribution in [1.82, 2.24) is 0 Å². The maximum Gasteiger partial charge on any atom is 0.335 e. The van der Waals surface area contributed by atoms with E-state index < -0.39 is 214 Å². The van der Waals surface area contributed by atoms with Crippen LogP contribution in [0.4, 0.5) is 0 Å². The third-order valence-corrected chi connectivity index (χ3v) is 23.7. The first-order chi connectivity index (χ1) is 40.7. The van der Waals surface area contributed by atoms with Crippen LogP contribution in [0, 0.1) is 50.2 Å². The summed E-state index contributed by atoms with van der Waals surface area (Å²) in [6.07, 6.45) is -31.9. The minimum absolute atomic E-state index is 0.0101. The number of carboxylic acid groups (broad SMARTS) is 1. The second kappa shape index (κ2) is 24.8. The Morgan fingerprint density at radius 1 is 0.598 bits per heavy atom. The van der Waals surface area contributed by atoms with E-state index in [1.165, 1.54) is 12.5 Å². The van der Waals surface area contributed by atoms with E-state index in [9.17, 15) is 91.6 Å². The Bertz CT molecular complexity index is 2450. The van der Waals surface area contributed by atoms with E-state index in [0.717, 1.165) is 12.8 Å². The molecule has 0 bridgehead atoms. The predicted octanol–water partition coefficient (Wildman–Crippen LogP) is -4.03. The molecule has 0 aromatic carbocycles. The van der Waals surface area contributed by atoms with Gasteiger partial charge in [-0.25, -0.2) is 4.79 Å². The van der Waals surface area contributed by atoms with Gasteiger partial charge in [-0.2, -0.15) is 0 Å². The highest BCUT2D eigenvalue weighted by molar-refractivity contribution is 5.73. The van der Waals surface area contributed by atoms with Crippen molar-refractivity contribution in [3.8, 4) is 0 Å². The quantitative estimate of drug-likeness (QED) is 0.0517. The van der Waals surface area contributed by atoms with Crippen molar-refractivity contribution in [3.63, 3.8) is 0 Å². The van der Waals surface area contributed by atoms with Gasteiger partial charge in [0.2, 0.25) is 0 Å². The van der Waals surface area contributed by atoms with Gasteiger partial charge in [-0.05, 0) is 104 Å². The number of aliphatic hydroxyl groups excluding tert-OH is 15. The molecule has 5 aliphatic carbocycles. The fourth-order valence-electron chi connectivity index (χ4n) is 17.7. The van der Waals surface area contributed by atoms with Crippen molar-refractivity contribution in [2.75, 3.05) is 39.6 Å². The number of rotatable bonds is 16. The highest BCUT2D eigenvalue weighted by atomic mass is 16.8. The van der Waals surface area contributed by atoms with E-state index in [1.54, 1.807) is 0 Å². The number of hydrogen-bond donors (Lipinski definition) is 17. The van der Waals surface area contributed by atoms with Crippen molar-refractivity contribution in [2.45, 2.75) is 259 Å². The normalized spacial score (nSPS) is 56.1. The smallest absolute Gasteiger partial charge is 0.335 e. The second-order valence-electron chi connectivity index (χ2n) is 28.8. The Balaban J connectivity index is 0.863. The van der Waals surface area contributed by atoms with E-state index in [2.05, 4.69) is 33.8 Å². The molecular weight excluding hydrogens is 1160 g/mol. The van der Waals surface area contributed by atoms with Crippen LogP contribution in [0.5, 0.6) is 0 Å². The summed E-state index contributed by atoms with van der Waals surface area (Å²) in [6, 6.07) is 0. The first kappa shape index (κ1) is 68.0. The number of hydrogen-bond acceptors (Lipinski definition) is 27. The Kier molecular flexibility index (Phi) is 19.4. The van der Waals surface area contributed by atoms with Crippen LogP contribution in [0.15, 0.2) is 11.6 Å². The van der Waals surface area contributed by atoms with Gasteiger partial charge in [-0.15, -0.1) is 0 Å². The van der Waals surface area contributed by atoms with Crippen LogP contribution in [0.2, 0.25) is 0 Å². The van der Waals surface area contributed by atoms with Gasteiger partial charge in [-0.3, -0.25) is 0 Å². The third kappa shape index (κ3) is 11.3. The number of allylic oxidation sites excluding steroid dienone is 2. The Labute approximate surface area is 504 Å². The molecule has 0 spiro atoms. The zero-order valence-electron chi connectivity index (χ0n) is 50.4. The molecule has 28 heteroatoms. The van der Waals surface area contributed by atoms with Gasteiger partial charge < -0.3 is 134 Å². The first-order valence-corrected chi connectivity index (χ1v) is 30.8. The van der Waals surface area contributed by atoms with Crippen molar-refractivity contribution in [2.24, 2.45) is 50.2 Å². The van der Waals surface area contributed by atoms with Gasteiger partial charge in [0.25, 0.3) is 0 Å². The molecule has 0 radical (unpaired) electrons. The molecule has 17 N–H and O–H groups in total. The zero-order chi connectivity index (χ0) is 63.6. The average Bonchev–Trinajstić information content (AvgIpc) is 0.958. The van der Waals surface area contributed by atoms with Gasteiger partial charge in [0.15, 0.2) is 37.6 Å². The minimum atomic E-state index is -2.13. The highest BCUT2D eigenvalue weighted by Crippen LogP contribution is 2.76. The molecule has 9 fully saturated rings. The largest absolute Gasteiger partial charge is 0.479 e. The van der Waals surface area contributed by atoms with E-state index in [1.807, 2.05) is 13.8 Å². The first-order valence-electron chi connectivity index (χ1n) is 30.8.